The molecule has 34 heavy (non-hydrogen) atoms. The number of benzene rings is 2. The van der Waals surface area contributed by atoms with Crippen LogP contribution in [0.5, 0.6) is 0 Å². The quantitative estimate of drug-likeness (QED) is 0.313. The number of imidazole rings is 1. The summed E-state index contributed by atoms with van der Waals surface area (Å²) in [6, 6.07) is 20.5. The molecule has 0 amide bonds. The van der Waals surface area contributed by atoms with Crippen LogP contribution >= 0.6 is 0 Å². The van der Waals surface area contributed by atoms with E-state index in [0.29, 0.717) is 12.6 Å². The van der Waals surface area contributed by atoms with Gasteiger partial charge < -0.3 is 14.8 Å². The fourth-order valence-corrected chi connectivity index (χ4v) is 6.85. The Balaban J connectivity index is 1.50. The number of ether oxygens (including phenoxy) is 1. The number of H-pyrrole nitrogens is 1. The molecule has 6 heteroatoms. The molecule has 2 aliphatic heterocycles. The van der Waals surface area contributed by atoms with Crippen LogP contribution in [0.4, 0.5) is 0 Å². The monoisotopic (exact) mass is 477 g/mol. The van der Waals surface area contributed by atoms with Gasteiger partial charge in [0.2, 0.25) is 0 Å². The number of fused-ring (bicyclic) bond motifs is 3. The molecule has 5 rings (SSSR count). The van der Waals surface area contributed by atoms with Crippen molar-refractivity contribution in [3.63, 3.8) is 0 Å². The molecule has 5 nitrogen and oxygen atoms in total. The zero-order valence-corrected chi connectivity index (χ0v) is 21.8. The number of aromatic nitrogens is 2. The van der Waals surface area contributed by atoms with E-state index in [1.807, 2.05) is 6.07 Å². The number of para-hydroxylation sites is 2. The molecule has 0 saturated carbocycles. The van der Waals surface area contributed by atoms with Crippen LogP contribution in [0.2, 0.25) is 25.7 Å². The lowest BCUT2D eigenvalue weighted by Crippen LogP contribution is -2.61. The molecular formula is C28H39N3O2Si. The second-order valence-corrected chi connectivity index (χ2v) is 17.1. The van der Waals surface area contributed by atoms with Crippen LogP contribution in [0.15, 0.2) is 54.6 Å². The van der Waals surface area contributed by atoms with Gasteiger partial charge in [-0.05, 0) is 55.8 Å². The molecule has 2 bridgehead atoms. The second kappa shape index (κ2) is 9.57. The Labute approximate surface area is 204 Å². The van der Waals surface area contributed by atoms with Gasteiger partial charge >= 0.3 is 0 Å². The van der Waals surface area contributed by atoms with Gasteiger partial charge in [0.15, 0.2) is 0 Å². The SMILES string of the molecule is C[Si](C)(C)CCOCC(c1nc2ccccc2[nH]1)N1C2CCC(O)C1(Cc1ccccc1)CC2. The molecule has 182 valence electrons. The van der Waals surface area contributed by atoms with Crippen LogP contribution in [-0.4, -0.2) is 58.9 Å². The molecule has 4 unspecified atom stereocenters. The van der Waals surface area contributed by atoms with E-state index in [2.05, 4.69) is 78.1 Å². The maximum absolute atomic E-state index is 11.5. The van der Waals surface area contributed by atoms with Gasteiger partial charge in [-0.15, -0.1) is 0 Å². The van der Waals surface area contributed by atoms with Crippen LogP contribution < -0.4 is 0 Å². The van der Waals surface area contributed by atoms with Gasteiger partial charge in [0.1, 0.15) is 5.82 Å². The predicted molar refractivity (Wildman–Crippen MR) is 141 cm³/mol. The molecule has 0 spiro atoms. The minimum Gasteiger partial charge on any atom is -0.391 e. The molecule has 0 radical (unpaired) electrons. The number of aliphatic hydroxyl groups is 1. The van der Waals surface area contributed by atoms with Gasteiger partial charge in [-0.25, -0.2) is 4.98 Å². The van der Waals surface area contributed by atoms with Crippen molar-refractivity contribution < 1.29 is 9.84 Å². The average Bonchev–Trinajstić information content (AvgIpc) is 3.35. The highest BCUT2D eigenvalue weighted by Crippen LogP contribution is 2.50. The number of hydrogen-bond donors (Lipinski definition) is 2. The lowest BCUT2D eigenvalue weighted by Gasteiger charge is -2.51. The smallest absolute Gasteiger partial charge is 0.127 e. The zero-order valence-electron chi connectivity index (χ0n) is 20.8. The molecule has 0 aliphatic carbocycles. The molecule has 3 aromatic rings. The molecule has 1 aromatic heterocycles. The maximum Gasteiger partial charge on any atom is 0.127 e. The molecule has 2 N–H and O–H groups in total. The summed E-state index contributed by atoms with van der Waals surface area (Å²) in [5, 5.41) is 11.5. The van der Waals surface area contributed by atoms with Gasteiger partial charge in [-0.2, -0.15) is 0 Å². The number of aliphatic hydroxyl groups excluding tert-OH is 1. The van der Waals surface area contributed by atoms with Crippen LogP contribution in [0.3, 0.4) is 0 Å². The molecule has 2 saturated heterocycles. The van der Waals surface area contributed by atoms with Crippen molar-refractivity contribution in [1.82, 2.24) is 14.9 Å². The number of piperidine rings is 1. The summed E-state index contributed by atoms with van der Waals surface area (Å²) in [5.41, 5.74) is 3.06. The standard InChI is InChI=1S/C28H39N3O2Si/c1-34(2,3)18-17-33-20-25(27-29-23-11-7-8-12-24(23)30-27)31-22-13-14-26(32)28(31,16-15-22)19-21-9-5-4-6-10-21/h4-12,22,25-26,32H,13-20H2,1-3H3,(H,29,30). The topological polar surface area (TPSA) is 61.4 Å². The van der Waals surface area contributed by atoms with Crippen LogP contribution in [0, 0.1) is 0 Å². The van der Waals surface area contributed by atoms with Crippen molar-refractivity contribution in [3.8, 4) is 0 Å². The highest BCUT2D eigenvalue weighted by molar-refractivity contribution is 6.76. The fourth-order valence-electron chi connectivity index (χ4n) is 6.10. The first-order valence-electron chi connectivity index (χ1n) is 12.9. The third kappa shape index (κ3) is 4.74. The van der Waals surface area contributed by atoms with Crippen molar-refractivity contribution in [1.29, 1.82) is 0 Å². The van der Waals surface area contributed by atoms with E-state index in [9.17, 15) is 5.11 Å². The Morgan fingerprint density at radius 1 is 1.09 bits per heavy atom. The Morgan fingerprint density at radius 2 is 1.85 bits per heavy atom. The second-order valence-electron chi connectivity index (χ2n) is 11.5. The summed E-state index contributed by atoms with van der Waals surface area (Å²) in [7, 11) is -1.17. The largest absolute Gasteiger partial charge is 0.391 e. The van der Waals surface area contributed by atoms with Crippen molar-refractivity contribution in [2.45, 2.75) is 81.5 Å². The number of nitrogens with one attached hydrogen (secondary N) is 1. The summed E-state index contributed by atoms with van der Waals surface area (Å²) in [5.74, 6) is 0.965. The van der Waals surface area contributed by atoms with Crippen LogP contribution in [0.25, 0.3) is 11.0 Å². The minimum absolute atomic E-state index is 0.000183. The normalized spacial score (nSPS) is 26.2. The zero-order chi connectivity index (χ0) is 23.8. The van der Waals surface area contributed by atoms with E-state index < -0.39 is 8.07 Å². The third-order valence-electron chi connectivity index (χ3n) is 7.90. The number of nitrogens with zero attached hydrogens (tertiary/aromatic N) is 2. The van der Waals surface area contributed by atoms with Crippen LogP contribution in [0.1, 0.15) is 43.1 Å². The van der Waals surface area contributed by atoms with E-state index in [1.165, 1.54) is 5.56 Å². The first-order chi connectivity index (χ1) is 16.4. The van der Waals surface area contributed by atoms with Gasteiger partial charge in [0, 0.05) is 20.7 Å². The predicted octanol–water partition coefficient (Wildman–Crippen LogP) is 5.56. The molecular weight excluding hydrogens is 438 g/mol. The van der Waals surface area contributed by atoms with Gasteiger partial charge in [-0.1, -0.05) is 62.1 Å². The van der Waals surface area contributed by atoms with Gasteiger partial charge in [-0.3, -0.25) is 4.90 Å². The Bertz CT molecular complexity index is 1060. The molecule has 2 fully saturated rings. The van der Waals surface area contributed by atoms with Gasteiger partial charge in [0.25, 0.3) is 0 Å². The fraction of sp³-hybridized carbons (Fsp3) is 0.536. The van der Waals surface area contributed by atoms with Crippen molar-refractivity contribution in [2.24, 2.45) is 0 Å². The van der Waals surface area contributed by atoms with Crippen LogP contribution in [-0.2, 0) is 11.2 Å². The lowest BCUT2D eigenvalue weighted by atomic mass is 9.79. The number of aromatic amines is 1. The van der Waals surface area contributed by atoms with E-state index in [0.717, 1.165) is 61.6 Å². The average molecular weight is 478 g/mol. The summed E-state index contributed by atoms with van der Waals surface area (Å²) in [6.45, 7) is 8.57. The van der Waals surface area contributed by atoms with E-state index in [4.69, 9.17) is 9.72 Å². The highest BCUT2D eigenvalue weighted by Gasteiger charge is 2.56. The molecule has 3 heterocycles. The Morgan fingerprint density at radius 3 is 2.62 bits per heavy atom. The van der Waals surface area contributed by atoms with Crippen molar-refractivity contribution >= 4 is 19.1 Å². The lowest BCUT2D eigenvalue weighted by molar-refractivity contribution is -0.0964. The third-order valence-corrected chi connectivity index (χ3v) is 9.60. The molecule has 4 atom stereocenters. The van der Waals surface area contributed by atoms with E-state index in [1.54, 1.807) is 0 Å². The maximum atomic E-state index is 11.5. The van der Waals surface area contributed by atoms with Crippen molar-refractivity contribution in [3.05, 3.63) is 66.0 Å². The number of hydrogen-bond acceptors (Lipinski definition) is 4. The Hall–Kier alpha value is -1.99. The summed E-state index contributed by atoms with van der Waals surface area (Å²) < 4.78 is 6.38. The van der Waals surface area contributed by atoms with Gasteiger partial charge in [0.05, 0.1) is 35.3 Å². The summed E-state index contributed by atoms with van der Waals surface area (Å²) in [4.78, 5) is 11.2. The minimum atomic E-state index is -1.17. The first kappa shape index (κ1) is 23.7. The number of rotatable bonds is 9. The van der Waals surface area contributed by atoms with Crippen molar-refractivity contribution in [2.75, 3.05) is 13.2 Å². The van der Waals surface area contributed by atoms with E-state index >= 15 is 0 Å². The Kier molecular flexibility index (Phi) is 6.68. The molecule has 2 aliphatic rings. The summed E-state index contributed by atoms with van der Waals surface area (Å²) in [6.07, 6.45) is 4.55. The highest BCUT2D eigenvalue weighted by atomic mass is 28.3. The first-order valence-corrected chi connectivity index (χ1v) is 16.6. The summed E-state index contributed by atoms with van der Waals surface area (Å²) >= 11 is 0. The van der Waals surface area contributed by atoms with E-state index in [-0.39, 0.29) is 17.7 Å². The molecule has 2 aromatic carbocycles.